The molecule has 0 unspecified atom stereocenters. The van der Waals surface area contributed by atoms with E-state index in [1.54, 1.807) is 33.4 Å². The van der Waals surface area contributed by atoms with Crippen LogP contribution in [0.1, 0.15) is 26.5 Å². The third kappa shape index (κ3) is 6.38. The lowest BCUT2D eigenvalue weighted by molar-refractivity contribution is -0.127. The molecule has 1 aliphatic heterocycles. The number of amides is 3. The summed E-state index contributed by atoms with van der Waals surface area (Å²) in [4.78, 5) is 45.5. The van der Waals surface area contributed by atoms with Gasteiger partial charge >= 0.3 is 6.09 Å². The van der Waals surface area contributed by atoms with Crippen LogP contribution in [0.4, 0.5) is 20.0 Å². The molecule has 33 heavy (non-hydrogen) atoms. The van der Waals surface area contributed by atoms with E-state index in [1.165, 1.54) is 41.4 Å². The molecule has 3 rings (SSSR count). The highest BCUT2D eigenvalue weighted by Crippen LogP contribution is 2.31. The van der Waals surface area contributed by atoms with Gasteiger partial charge in [-0.1, -0.05) is 26.0 Å². The maximum atomic E-state index is 14.2. The van der Waals surface area contributed by atoms with Gasteiger partial charge in [0.05, 0.1) is 18.0 Å². The Labute approximate surface area is 196 Å². The zero-order valence-electron chi connectivity index (χ0n) is 18.9. The Balaban J connectivity index is 1.59. The number of halogens is 1. The summed E-state index contributed by atoms with van der Waals surface area (Å²) >= 11 is 1.18. The van der Waals surface area contributed by atoms with Gasteiger partial charge in [0.15, 0.2) is 5.13 Å². The molecule has 0 atom stereocenters. The molecule has 1 aliphatic rings. The molecule has 2 heterocycles. The summed E-state index contributed by atoms with van der Waals surface area (Å²) in [6.07, 6.45) is 2.61. The zero-order valence-corrected chi connectivity index (χ0v) is 19.7. The van der Waals surface area contributed by atoms with Gasteiger partial charge in [0.1, 0.15) is 5.82 Å². The van der Waals surface area contributed by atoms with Gasteiger partial charge in [-0.3, -0.25) is 14.5 Å². The number of anilines is 2. The average molecular weight is 475 g/mol. The van der Waals surface area contributed by atoms with Gasteiger partial charge in [-0.25, -0.2) is 14.2 Å². The minimum Gasteiger partial charge on any atom is -0.449 e. The van der Waals surface area contributed by atoms with Crippen molar-refractivity contribution in [2.45, 2.75) is 20.8 Å². The number of benzene rings is 1. The van der Waals surface area contributed by atoms with Crippen molar-refractivity contribution in [3.05, 3.63) is 47.2 Å². The van der Waals surface area contributed by atoms with Gasteiger partial charge < -0.3 is 14.5 Å². The maximum Gasteiger partial charge on any atom is 0.409 e. The highest BCUT2D eigenvalue weighted by molar-refractivity contribution is 7.14. The number of rotatable bonds is 6. The minimum atomic E-state index is -0.526. The van der Waals surface area contributed by atoms with Crippen LogP contribution in [0.15, 0.2) is 35.7 Å². The lowest BCUT2D eigenvalue weighted by atomic mass is 10.2. The van der Waals surface area contributed by atoms with Crippen LogP contribution < -0.4 is 4.90 Å². The Morgan fingerprint density at radius 1 is 1.18 bits per heavy atom. The molecule has 0 aliphatic carbocycles. The predicted octanol–water partition coefficient (Wildman–Crippen LogP) is 3.92. The highest BCUT2D eigenvalue weighted by Gasteiger charge is 2.24. The molecule has 3 amide bonds. The molecular weight excluding hydrogens is 447 g/mol. The molecule has 0 radical (unpaired) electrons. The van der Waals surface area contributed by atoms with Crippen LogP contribution >= 0.6 is 11.3 Å². The number of piperazine rings is 1. The molecule has 0 saturated carbocycles. The fourth-order valence-corrected chi connectivity index (χ4v) is 4.04. The van der Waals surface area contributed by atoms with Gasteiger partial charge in [-0.15, -0.1) is 11.3 Å². The molecular formula is C23H27FN4O4S. The van der Waals surface area contributed by atoms with Crippen LogP contribution in [0.2, 0.25) is 0 Å². The third-order valence-corrected chi connectivity index (χ3v) is 5.74. The molecule has 1 aromatic carbocycles. The van der Waals surface area contributed by atoms with Crippen molar-refractivity contribution in [1.82, 2.24) is 14.8 Å². The molecule has 1 aromatic heterocycles. The number of hydrogen-bond acceptors (Lipinski definition) is 6. The molecule has 2 aromatic rings. The summed E-state index contributed by atoms with van der Waals surface area (Å²) < 4.78 is 19.4. The van der Waals surface area contributed by atoms with E-state index >= 15 is 0 Å². The van der Waals surface area contributed by atoms with Crippen LogP contribution in [0, 0.1) is 11.7 Å². The van der Waals surface area contributed by atoms with E-state index < -0.39 is 5.82 Å². The van der Waals surface area contributed by atoms with Gasteiger partial charge in [-0.2, -0.15) is 0 Å². The van der Waals surface area contributed by atoms with Crippen molar-refractivity contribution < 1.29 is 23.5 Å². The summed E-state index contributed by atoms with van der Waals surface area (Å²) in [5.41, 5.74) is 0.609. The molecule has 176 valence electrons. The van der Waals surface area contributed by atoms with Crippen molar-refractivity contribution in [1.29, 1.82) is 0 Å². The largest absolute Gasteiger partial charge is 0.449 e. The number of nitrogens with zero attached hydrogens (tertiary/aromatic N) is 4. The first-order valence-electron chi connectivity index (χ1n) is 10.7. The Hall–Kier alpha value is -3.27. The highest BCUT2D eigenvalue weighted by atomic mass is 32.1. The fourth-order valence-electron chi connectivity index (χ4n) is 3.20. The van der Waals surface area contributed by atoms with Crippen molar-refractivity contribution in [3.8, 4) is 0 Å². The van der Waals surface area contributed by atoms with Gasteiger partial charge in [0, 0.05) is 44.6 Å². The topological polar surface area (TPSA) is 83.1 Å². The summed E-state index contributed by atoms with van der Waals surface area (Å²) in [7, 11) is 0. The molecule has 1 saturated heterocycles. The molecule has 0 N–H and O–H groups in total. The maximum absolute atomic E-state index is 14.2. The van der Waals surface area contributed by atoms with Crippen LogP contribution in [0.5, 0.6) is 0 Å². The van der Waals surface area contributed by atoms with Crippen molar-refractivity contribution in [3.63, 3.8) is 0 Å². The predicted molar refractivity (Wildman–Crippen MR) is 125 cm³/mol. The number of carbonyl (C=O) groups excluding carboxylic acids is 3. The lowest BCUT2D eigenvalue weighted by Gasteiger charge is -2.33. The first-order valence-corrected chi connectivity index (χ1v) is 11.5. The number of hydrogen-bond donors (Lipinski definition) is 0. The molecule has 1 fully saturated rings. The molecule has 8 nitrogen and oxygen atoms in total. The number of aromatic nitrogens is 1. The summed E-state index contributed by atoms with van der Waals surface area (Å²) in [5, 5.41) is 2.01. The van der Waals surface area contributed by atoms with Crippen molar-refractivity contribution in [2.24, 2.45) is 5.92 Å². The summed E-state index contributed by atoms with van der Waals surface area (Å²) in [5.74, 6) is -0.826. The van der Waals surface area contributed by atoms with E-state index in [-0.39, 0.29) is 29.5 Å². The van der Waals surface area contributed by atoms with Crippen LogP contribution in [-0.4, -0.2) is 65.5 Å². The standard InChI is InChI=1S/C23H27FN4O4S/c1-16(2)14-32-23(31)27-12-10-26(11-13-27)21(30)9-8-18-15-33-22(25-18)28(17(3)29)20-7-5-4-6-19(20)24/h4-9,15-16H,10-14H2,1-3H3/b9-8-. The second-order valence-corrected chi connectivity index (χ2v) is 8.81. The van der Waals surface area contributed by atoms with Gasteiger partial charge in [0.25, 0.3) is 0 Å². The number of para-hydroxylation sites is 1. The quantitative estimate of drug-likeness (QED) is 0.593. The summed E-state index contributed by atoms with van der Waals surface area (Å²) in [6, 6.07) is 5.98. The Morgan fingerprint density at radius 2 is 1.85 bits per heavy atom. The van der Waals surface area contributed by atoms with E-state index in [2.05, 4.69) is 4.98 Å². The fraction of sp³-hybridized carbons (Fsp3) is 0.391. The number of thiazole rings is 1. The average Bonchev–Trinajstić information content (AvgIpc) is 3.25. The van der Waals surface area contributed by atoms with Crippen molar-refractivity contribution in [2.75, 3.05) is 37.7 Å². The first kappa shape index (κ1) is 24.4. The normalized spacial score (nSPS) is 14.1. The lowest BCUT2D eigenvalue weighted by Crippen LogP contribution is -2.50. The van der Waals surface area contributed by atoms with Crippen LogP contribution in [0.25, 0.3) is 6.08 Å². The van der Waals surface area contributed by atoms with Crippen LogP contribution in [-0.2, 0) is 14.3 Å². The third-order valence-electron chi connectivity index (χ3n) is 4.90. The Kier molecular flexibility index (Phi) is 8.16. The Morgan fingerprint density at radius 3 is 2.48 bits per heavy atom. The van der Waals surface area contributed by atoms with E-state index in [9.17, 15) is 18.8 Å². The number of ether oxygens (including phenoxy) is 1. The summed E-state index contributed by atoms with van der Waals surface area (Å²) in [6.45, 7) is 7.29. The Bertz CT molecular complexity index is 1030. The van der Waals surface area contributed by atoms with Crippen molar-refractivity contribution >= 4 is 46.1 Å². The van der Waals surface area contributed by atoms with E-state index in [0.29, 0.717) is 43.6 Å². The molecule has 10 heteroatoms. The number of carbonyl (C=O) groups is 3. The van der Waals surface area contributed by atoms with Gasteiger partial charge in [-0.05, 0) is 24.1 Å². The van der Waals surface area contributed by atoms with E-state index in [1.807, 2.05) is 13.8 Å². The second kappa shape index (κ2) is 11.0. The monoisotopic (exact) mass is 474 g/mol. The smallest absolute Gasteiger partial charge is 0.409 e. The minimum absolute atomic E-state index is 0.121. The zero-order chi connectivity index (χ0) is 24.0. The second-order valence-electron chi connectivity index (χ2n) is 7.98. The van der Waals surface area contributed by atoms with Gasteiger partial charge in [0.2, 0.25) is 11.8 Å². The van der Waals surface area contributed by atoms with Crippen LogP contribution in [0.3, 0.4) is 0 Å². The van der Waals surface area contributed by atoms with E-state index in [0.717, 1.165) is 0 Å². The molecule has 0 spiro atoms. The van der Waals surface area contributed by atoms with E-state index in [4.69, 9.17) is 4.74 Å². The first-order chi connectivity index (χ1) is 15.8. The molecule has 0 bridgehead atoms. The SMILES string of the molecule is CC(=O)N(c1nc(/C=C\C(=O)N2CCN(C(=O)OCC(C)C)CC2)cs1)c1ccccc1F.